The Balaban J connectivity index is 2.41. The second-order valence-electron chi connectivity index (χ2n) is 3.47. The third kappa shape index (κ3) is 2.62. The molecule has 0 amide bonds. The molecular formula is C11H8ClFN2O2. The van der Waals surface area contributed by atoms with Gasteiger partial charge in [0.15, 0.2) is 0 Å². The van der Waals surface area contributed by atoms with Crippen LogP contribution in [0, 0.1) is 5.82 Å². The average Bonchev–Trinajstić information content (AvgIpc) is 2.27. The highest BCUT2D eigenvalue weighted by molar-refractivity contribution is 6.31. The van der Waals surface area contributed by atoms with E-state index in [-0.39, 0.29) is 6.54 Å². The van der Waals surface area contributed by atoms with Gasteiger partial charge in [-0.15, -0.1) is 0 Å². The van der Waals surface area contributed by atoms with Gasteiger partial charge in [-0.25, -0.2) is 9.18 Å². The molecule has 2 rings (SSSR count). The molecule has 0 atom stereocenters. The number of hydrogen-bond donors (Lipinski definition) is 1. The lowest BCUT2D eigenvalue weighted by molar-refractivity contribution is 0.622. The van der Waals surface area contributed by atoms with Gasteiger partial charge in [0.1, 0.15) is 5.82 Å². The van der Waals surface area contributed by atoms with E-state index in [9.17, 15) is 14.0 Å². The Morgan fingerprint density at radius 2 is 2.06 bits per heavy atom. The van der Waals surface area contributed by atoms with E-state index >= 15 is 0 Å². The number of rotatable bonds is 2. The van der Waals surface area contributed by atoms with Gasteiger partial charge in [-0.3, -0.25) is 14.3 Å². The summed E-state index contributed by atoms with van der Waals surface area (Å²) in [6.07, 6.45) is 1.34. The Kier molecular flexibility index (Phi) is 3.10. The molecule has 1 N–H and O–H groups in total. The van der Waals surface area contributed by atoms with Gasteiger partial charge >= 0.3 is 5.69 Å². The summed E-state index contributed by atoms with van der Waals surface area (Å²) in [7, 11) is 0. The van der Waals surface area contributed by atoms with Crippen molar-refractivity contribution in [2.24, 2.45) is 0 Å². The van der Waals surface area contributed by atoms with Gasteiger partial charge in [0.2, 0.25) is 0 Å². The molecule has 0 spiro atoms. The molecule has 0 aliphatic rings. The van der Waals surface area contributed by atoms with Crippen LogP contribution in [0.2, 0.25) is 5.02 Å². The van der Waals surface area contributed by atoms with Crippen molar-refractivity contribution in [3.63, 3.8) is 0 Å². The number of benzene rings is 1. The number of aromatic nitrogens is 2. The summed E-state index contributed by atoms with van der Waals surface area (Å²) in [4.78, 5) is 24.4. The van der Waals surface area contributed by atoms with E-state index in [1.807, 2.05) is 0 Å². The first-order valence-electron chi connectivity index (χ1n) is 4.80. The minimum atomic E-state index is -0.558. The van der Waals surface area contributed by atoms with Crippen LogP contribution in [0.15, 0.2) is 40.1 Å². The zero-order valence-electron chi connectivity index (χ0n) is 8.61. The summed E-state index contributed by atoms with van der Waals surface area (Å²) in [5.74, 6) is -0.429. The zero-order chi connectivity index (χ0) is 12.4. The van der Waals surface area contributed by atoms with Crippen molar-refractivity contribution in [2.45, 2.75) is 6.54 Å². The van der Waals surface area contributed by atoms with E-state index in [1.54, 1.807) is 0 Å². The fourth-order valence-electron chi connectivity index (χ4n) is 1.42. The zero-order valence-corrected chi connectivity index (χ0v) is 9.37. The van der Waals surface area contributed by atoms with Gasteiger partial charge in [0.25, 0.3) is 5.56 Å². The van der Waals surface area contributed by atoms with Crippen LogP contribution >= 0.6 is 11.6 Å². The van der Waals surface area contributed by atoms with Gasteiger partial charge in [0, 0.05) is 17.3 Å². The number of nitrogens with one attached hydrogen (secondary N) is 1. The maximum absolute atomic E-state index is 13.0. The van der Waals surface area contributed by atoms with Crippen molar-refractivity contribution in [3.8, 4) is 0 Å². The van der Waals surface area contributed by atoms with E-state index in [1.165, 1.54) is 35.0 Å². The topological polar surface area (TPSA) is 54.9 Å². The van der Waals surface area contributed by atoms with Crippen LogP contribution in [0.1, 0.15) is 5.56 Å². The number of aromatic amines is 1. The van der Waals surface area contributed by atoms with Crippen molar-refractivity contribution in [1.82, 2.24) is 9.55 Å². The molecular weight excluding hydrogens is 247 g/mol. The fourth-order valence-corrected chi connectivity index (χ4v) is 1.59. The number of hydrogen-bond acceptors (Lipinski definition) is 2. The second kappa shape index (κ2) is 4.55. The predicted octanol–water partition coefficient (Wildman–Crippen LogP) is 1.38. The summed E-state index contributed by atoms with van der Waals surface area (Å²) in [5.41, 5.74) is -0.560. The summed E-state index contributed by atoms with van der Waals surface area (Å²) in [5, 5.41) is 0.365. The van der Waals surface area contributed by atoms with Gasteiger partial charge < -0.3 is 0 Å². The van der Waals surface area contributed by atoms with Crippen LogP contribution in [0.5, 0.6) is 0 Å². The average molecular weight is 255 g/mol. The minimum absolute atomic E-state index is 0.103. The van der Waals surface area contributed by atoms with Gasteiger partial charge in [-0.05, 0) is 23.8 Å². The molecule has 2 aromatic rings. The highest BCUT2D eigenvalue weighted by atomic mass is 35.5. The smallest absolute Gasteiger partial charge is 0.296 e. The van der Waals surface area contributed by atoms with Crippen LogP contribution in [0.4, 0.5) is 4.39 Å². The molecule has 17 heavy (non-hydrogen) atoms. The molecule has 0 saturated carbocycles. The molecule has 0 bridgehead atoms. The fraction of sp³-hybridized carbons (Fsp3) is 0.0909. The largest absolute Gasteiger partial charge is 0.328 e. The SMILES string of the molecule is O=c1ccn(Cc2cc(F)ccc2Cl)c(=O)[nH]1. The number of H-pyrrole nitrogens is 1. The van der Waals surface area contributed by atoms with Crippen molar-refractivity contribution in [3.05, 3.63) is 67.7 Å². The molecule has 0 fully saturated rings. The normalized spacial score (nSPS) is 10.5. The van der Waals surface area contributed by atoms with Crippen LogP contribution in [-0.2, 0) is 6.54 Å². The van der Waals surface area contributed by atoms with E-state index in [0.29, 0.717) is 10.6 Å². The molecule has 0 aliphatic heterocycles. The van der Waals surface area contributed by atoms with Crippen molar-refractivity contribution < 1.29 is 4.39 Å². The van der Waals surface area contributed by atoms with E-state index in [0.717, 1.165) is 0 Å². The first kappa shape index (κ1) is 11.6. The molecule has 1 aromatic heterocycles. The Hall–Kier alpha value is -1.88. The summed E-state index contributed by atoms with van der Waals surface area (Å²) >= 11 is 5.88. The van der Waals surface area contributed by atoms with Gasteiger partial charge in [-0.2, -0.15) is 0 Å². The monoisotopic (exact) mass is 254 g/mol. The second-order valence-corrected chi connectivity index (χ2v) is 3.88. The molecule has 0 radical (unpaired) electrons. The summed E-state index contributed by atoms with van der Waals surface area (Å²) in [6, 6.07) is 5.12. The highest BCUT2D eigenvalue weighted by Gasteiger charge is 2.04. The van der Waals surface area contributed by atoms with Crippen molar-refractivity contribution in [2.75, 3.05) is 0 Å². The maximum atomic E-state index is 13.0. The maximum Gasteiger partial charge on any atom is 0.328 e. The van der Waals surface area contributed by atoms with Gasteiger partial charge in [-0.1, -0.05) is 11.6 Å². The molecule has 0 saturated heterocycles. The first-order chi connectivity index (χ1) is 8.06. The Bertz CT molecular complexity index is 663. The molecule has 1 heterocycles. The van der Waals surface area contributed by atoms with Crippen molar-refractivity contribution >= 4 is 11.6 Å². The van der Waals surface area contributed by atoms with Crippen LogP contribution in [-0.4, -0.2) is 9.55 Å². The summed E-state index contributed by atoms with van der Waals surface area (Å²) in [6.45, 7) is 0.103. The van der Waals surface area contributed by atoms with E-state index in [2.05, 4.69) is 4.98 Å². The molecule has 1 aromatic carbocycles. The lowest BCUT2D eigenvalue weighted by Crippen LogP contribution is -2.28. The third-order valence-corrected chi connectivity index (χ3v) is 2.61. The van der Waals surface area contributed by atoms with Gasteiger partial charge in [0.05, 0.1) is 6.54 Å². The Morgan fingerprint density at radius 3 is 2.76 bits per heavy atom. The van der Waals surface area contributed by atoms with Crippen LogP contribution in [0.3, 0.4) is 0 Å². The number of halogens is 2. The van der Waals surface area contributed by atoms with E-state index in [4.69, 9.17) is 11.6 Å². The Morgan fingerprint density at radius 1 is 1.29 bits per heavy atom. The highest BCUT2D eigenvalue weighted by Crippen LogP contribution is 2.17. The number of nitrogens with zero attached hydrogens (tertiary/aromatic N) is 1. The molecule has 88 valence electrons. The molecule has 0 unspecified atom stereocenters. The van der Waals surface area contributed by atoms with Crippen LogP contribution < -0.4 is 11.2 Å². The minimum Gasteiger partial charge on any atom is -0.296 e. The van der Waals surface area contributed by atoms with Crippen molar-refractivity contribution in [1.29, 1.82) is 0 Å². The third-order valence-electron chi connectivity index (χ3n) is 2.25. The molecule has 0 aliphatic carbocycles. The molecule has 6 heteroatoms. The standard InChI is InChI=1S/C11H8ClFN2O2/c12-9-2-1-8(13)5-7(9)6-15-4-3-10(16)14-11(15)17/h1-5H,6H2,(H,14,16,17). The lowest BCUT2D eigenvalue weighted by Gasteiger charge is -2.06. The van der Waals surface area contributed by atoms with Crippen LogP contribution in [0.25, 0.3) is 0 Å². The predicted molar refractivity (Wildman–Crippen MR) is 61.8 cm³/mol. The molecule has 4 nitrogen and oxygen atoms in total. The first-order valence-corrected chi connectivity index (χ1v) is 5.18. The quantitative estimate of drug-likeness (QED) is 0.880. The lowest BCUT2D eigenvalue weighted by atomic mass is 10.2. The summed E-state index contributed by atoms with van der Waals surface area (Å²) < 4.78 is 14.2. The Labute approximate surface area is 100 Å². The van der Waals surface area contributed by atoms with E-state index < -0.39 is 17.1 Å².